The van der Waals surface area contributed by atoms with E-state index in [4.69, 9.17) is 0 Å². The molecule has 0 saturated heterocycles. The monoisotopic (exact) mass is 434 g/mol. The standard InChI is InChI=1S/C22H18N4O2S2/c1-15-19(13-27)21(25(23-15)17-9-5-3-6-10-17)29-30-22-20(14-28)16(2)24-26(22)18-11-7-4-8-12-18/h3-14H,1-2H3. The second-order valence-electron chi connectivity index (χ2n) is 6.51. The normalized spacial score (nSPS) is 10.9. The number of para-hydroxylation sites is 2. The molecule has 0 bridgehead atoms. The van der Waals surface area contributed by atoms with Gasteiger partial charge in [0.05, 0.1) is 33.9 Å². The van der Waals surface area contributed by atoms with Gasteiger partial charge in [0.2, 0.25) is 0 Å². The minimum Gasteiger partial charge on any atom is -0.298 e. The van der Waals surface area contributed by atoms with Crippen LogP contribution >= 0.6 is 21.6 Å². The van der Waals surface area contributed by atoms with Crippen LogP contribution in [0.5, 0.6) is 0 Å². The Kier molecular flexibility index (Phi) is 5.87. The zero-order chi connectivity index (χ0) is 21.1. The zero-order valence-corrected chi connectivity index (χ0v) is 18.0. The molecule has 0 amide bonds. The van der Waals surface area contributed by atoms with E-state index in [0.29, 0.717) is 32.6 Å². The van der Waals surface area contributed by atoms with Crippen molar-refractivity contribution >= 4 is 34.2 Å². The zero-order valence-electron chi connectivity index (χ0n) is 16.4. The summed E-state index contributed by atoms with van der Waals surface area (Å²) in [6.07, 6.45) is 1.65. The molecule has 2 aromatic heterocycles. The Morgan fingerprint density at radius 3 is 1.37 bits per heavy atom. The van der Waals surface area contributed by atoms with Gasteiger partial charge in [-0.25, -0.2) is 9.36 Å². The Labute approximate surface area is 181 Å². The molecular formula is C22H18N4O2S2. The molecule has 0 N–H and O–H groups in total. The number of aromatic nitrogens is 4. The number of hydrogen-bond acceptors (Lipinski definition) is 6. The molecule has 0 unspecified atom stereocenters. The van der Waals surface area contributed by atoms with E-state index in [1.165, 1.54) is 21.6 Å². The van der Waals surface area contributed by atoms with Crippen molar-refractivity contribution in [1.82, 2.24) is 19.6 Å². The molecule has 0 aliphatic heterocycles. The maximum atomic E-state index is 11.8. The molecule has 2 aromatic carbocycles. The first-order valence-corrected chi connectivity index (χ1v) is 11.3. The van der Waals surface area contributed by atoms with Crippen LogP contribution in [0.2, 0.25) is 0 Å². The molecule has 0 aliphatic rings. The van der Waals surface area contributed by atoms with Gasteiger partial charge in [-0.15, -0.1) is 0 Å². The molecule has 0 aliphatic carbocycles. The molecule has 0 saturated carbocycles. The van der Waals surface area contributed by atoms with Gasteiger partial charge < -0.3 is 0 Å². The van der Waals surface area contributed by atoms with Crippen molar-refractivity contribution in [3.05, 3.63) is 83.2 Å². The van der Waals surface area contributed by atoms with E-state index in [2.05, 4.69) is 10.2 Å². The first-order valence-electron chi connectivity index (χ1n) is 9.19. The van der Waals surface area contributed by atoms with Gasteiger partial charge in [-0.1, -0.05) is 36.4 Å². The summed E-state index contributed by atoms with van der Waals surface area (Å²) in [6.45, 7) is 3.63. The first kappa shape index (κ1) is 20.2. The molecule has 0 radical (unpaired) electrons. The third-order valence-electron chi connectivity index (χ3n) is 4.56. The topological polar surface area (TPSA) is 69.8 Å². The van der Waals surface area contributed by atoms with Crippen LogP contribution in [0.15, 0.2) is 70.7 Å². The van der Waals surface area contributed by atoms with Gasteiger partial charge in [0.25, 0.3) is 0 Å². The Hall–Kier alpha value is -3.10. The Bertz CT molecular complexity index is 1110. The second-order valence-corrected chi connectivity index (χ2v) is 8.61. The number of carbonyl (C=O) groups is 2. The van der Waals surface area contributed by atoms with Gasteiger partial charge in [-0.2, -0.15) is 10.2 Å². The number of hydrogen-bond donors (Lipinski definition) is 0. The molecule has 30 heavy (non-hydrogen) atoms. The highest BCUT2D eigenvalue weighted by Gasteiger charge is 2.21. The van der Waals surface area contributed by atoms with Crippen molar-refractivity contribution in [2.75, 3.05) is 0 Å². The van der Waals surface area contributed by atoms with Crippen molar-refractivity contribution in [3.8, 4) is 11.4 Å². The number of carbonyl (C=O) groups excluding carboxylic acids is 2. The van der Waals surface area contributed by atoms with Crippen molar-refractivity contribution in [1.29, 1.82) is 0 Å². The van der Waals surface area contributed by atoms with Gasteiger partial charge in [0.15, 0.2) is 12.6 Å². The Morgan fingerprint density at radius 2 is 1.03 bits per heavy atom. The van der Waals surface area contributed by atoms with Crippen molar-refractivity contribution in [3.63, 3.8) is 0 Å². The van der Waals surface area contributed by atoms with Gasteiger partial charge in [-0.3, -0.25) is 9.59 Å². The molecule has 0 spiro atoms. The molecule has 0 fully saturated rings. The SMILES string of the molecule is Cc1nn(-c2ccccc2)c(SSc2c(C=O)c(C)nn2-c2ccccc2)c1C=O. The lowest BCUT2D eigenvalue weighted by molar-refractivity contribution is 0.111. The Morgan fingerprint density at radius 1 is 0.667 bits per heavy atom. The second kappa shape index (κ2) is 8.73. The van der Waals surface area contributed by atoms with Crippen LogP contribution in [0.25, 0.3) is 11.4 Å². The smallest absolute Gasteiger partial charge is 0.154 e. The first-order chi connectivity index (χ1) is 14.6. The third kappa shape index (κ3) is 3.71. The fraction of sp³-hybridized carbons (Fsp3) is 0.0909. The summed E-state index contributed by atoms with van der Waals surface area (Å²) in [4.78, 5) is 23.5. The highest BCUT2D eigenvalue weighted by molar-refractivity contribution is 8.76. The van der Waals surface area contributed by atoms with Crippen LogP contribution in [0, 0.1) is 13.8 Å². The van der Waals surface area contributed by atoms with E-state index < -0.39 is 0 Å². The highest BCUT2D eigenvalue weighted by atomic mass is 33.1. The number of aldehydes is 2. The average molecular weight is 435 g/mol. The van der Waals surface area contributed by atoms with E-state index in [-0.39, 0.29) is 0 Å². The summed E-state index contributed by atoms with van der Waals surface area (Å²) in [5.74, 6) is 0. The van der Waals surface area contributed by atoms with Gasteiger partial charge in [-0.05, 0) is 59.7 Å². The summed E-state index contributed by atoms with van der Waals surface area (Å²) in [7, 11) is 2.77. The van der Waals surface area contributed by atoms with E-state index >= 15 is 0 Å². The van der Waals surface area contributed by atoms with Crippen LogP contribution in [0.3, 0.4) is 0 Å². The number of rotatable bonds is 7. The van der Waals surface area contributed by atoms with Crippen LogP contribution < -0.4 is 0 Å². The maximum absolute atomic E-state index is 11.8. The maximum Gasteiger partial charge on any atom is 0.154 e. The van der Waals surface area contributed by atoms with E-state index in [0.717, 1.165) is 23.9 Å². The van der Waals surface area contributed by atoms with E-state index in [1.807, 2.05) is 74.5 Å². The van der Waals surface area contributed by atoms with Gasteiger partial charge in [0, 0.05) is 0 Å². The summed E-state index contributed by atoms with van der Waals surface area (Å²) in [6, 6.07) is 19.3. The van der Waals surface area contributed by atoms with E-state index in [1.54, 1.807) is 9.36 Å². The van der Waals surface area contributed by atoms with E-state index in [9.17, 15) is 9.59 Å². The lowest BCUT2D eigenvalue weighted by Gasteiger charge is -2.09. The van der Waals surface area contributed by atoms with Crippen molar-refractivity contribution in [2.24, 2.45) is 0 Å². The molecular weight excluding hydrogens is 416 g/mol. The molecule has 6 nitrogen and oxygen atoms in total. The lowest BCUT2D eigenvalue weighted by atomic mass is 10.3. The molecule has 4 rings (SSSR count). The molecule has 150 valence electrons. The number of aryl methyl sites for hydroxylation is 2. The predicted molar refractivity (Wildman–Crippen MR) is 119 cm³/mol. The predicted octanol–water partition coefficient (Wildman–Crippen LogP) is 5.10. The van der Waals surface area contributed by atoms with Gasteiger partial charge >= 0.3 is 0 Å². The molecule has 8 heteroatoms. The highest BCUT2D eigenvalue weighted by Crippen LogP contribution is 2.42. The third-order valence-corrected chi connectivity index (χ3v) is 6.94. The van der Waals surface area contributed by atoms with Crippen molar-refractivity contribution < 1.29 is 9.59 Å². The summed E-state index contributed by atoms with van der Waals surface area (Å²) in [5.41, 5.74) is 4.10. The summed E-state index contributed by atoms with van der Waals surface area (Å²) < 4.78 is 3.51. The summed E-state index contributed by atoms with van der Waals surface area (Å²) in [5, 5.41) is 10.5. The molecule has 2 heterocycles. The van der Waals surface area contributed by atoms with Crippen LogP contribution in [-0.4, -0.2) is 32.1 Å². The van der Waals surface area contributed by atoms with Gasteiger partial charge in [0.1, 0.15) is 10.1 Å². The average Bonchev–Trinajstić information content (AvgIpc) is 3.28. The largest absolute Gasteiger partial charge is 0.298 e. The van der Waals surface area contributed by atoms with Crippen molar-refractivity contribution in [2.45, 2.75) is 23.9 Å². The minimum absolute atomic E-state index is 0.534. The fourth-order valence-electron chi connectivity index (χ4n) is 3.04. The number of benzene rings is 2. The molecule has 0 atom stereocenters. The molecule has 4 aromatic rings. The Balaban J connectivity index is 1.76. The minimum atomic E-state index is 0.534. The lowest BCUT2D eigenvalue weighted by Crippen LogP contribution is -1.99. The fourth-order valence-corrected chi connectivity index (χ4v) is 5.63. The number of nitrogens with zero attached hydrogens (tertiary/aromatic N) is 4. The quantitative estimate of drug-likeness (QED) is 0.298. The van der Waals surface area contributed by atoms with Crippen LogP contribution in [0.1, 0.15) is 32.1 Å². The van der Waals surface area contributed by atoms with Crippen LogP contribution in [0.4, 0.5) is 0 Å². The van der Waals surface area contributed by atoms with Crippen LogP contribution in [-0.2, 0) is 0 Å². The summed E-state index contributed by atoms with van der Waals surface area (Å²) >= 11 is 0.